The van der Waals surface area contributed by atoms with Crippen LogP contribution in [-0.4, -0.2) is 41.7 Å². The Hall–Kier alpha value is -2.67. The summed E-state index contributed by atoms with van der Waals surface area (Å²) in [6.45, 7) is -1.22. The molecule has 1 atom stereocenters. The molecular weight excluding hydrogens is 396 g/mol. The smallest absolute Gasteiger partial charge is 0.402 e. The highest BCUT2D eigenvalue weighted by Gasteiger charge is 2.45. The fourth-order valence-electron chi connectivity index (χ4n) is 1.73. The molecule has 1 unspecified atom stereocenters. The van der Waals surface area contributed by atoms with Gasteiger partial charge in [-0.05, 0) is 6.07 Å². The van der Waals surface area contributed by atoms with Gasteiger partial charge in [0.25, 0.3) is 5.69 Å². The zero-order valence-electron chi connectivity index (χ0n) is 13.8. The number of carbonyl (C=O) groups is 2. The van der Waals surface area contributed by atoms with E-state index in [1.807, 2.05) is 0 Å². The van der Waals surface area contributed by atoms with Crippen LogP contribution in [0.2, 0.25) is 0 Å². The van der Waals surface area contributed by atoms with Gasteiger partial charge in [-0.15, -0.1) is 0 Å². The number of esters is 2. The first-order valence-corrected chi connectivity index (χ1v) is 8.68. The van der Waals surface area contributed by atoms with Crippen molar-refractivity contribution < 1.29 is 45.7 Å². The number of nitrogens with zero attached hydrogens (tertiary/aromatic N) is 1. The molecule has 0 fully saturated rings. The monoisotopic (exact) mass is 411 g/mol. The van der Waals surface area contributed by atoms with Crippen LogP contribution in [0.1, 0.15) is 18.9 Å². The van der Waals surface area contributed by atoms with Gasteiger partial charge in [0.1, 0.15) is 6.61 Å². The van der Waals surface area contributed by atoms with E-state index in [1.165, 1.54) is 24.3 Å². The van der Waals surface area contributed by atoms with E-state index in [1.54, 1.807) is 0 Å². The molecule has 150 valence electrons. The summed E-state index contributed by atoms with van der Waals surface area (Å²) in [4.78, 5) is 33.4. The number of nitro groups is 1. The number of rotatable bonds is 9. The second-order valence-electron chi connectivity index (χ2n) is 5.37. The molecular formula is C14H15F2NO9S. The lowest BCUT2D eigenvalue weighted by molar-refractivity contribution is -0.385. The summed E-state index contributed by atoms with van der Waals surface area (Å²) < 4.78 is 63.9. The van der Waals surface area contributed by atoms with Crippen LogP contribution in [0.25, 0.3) is 0 Å². The largest absolute Gasteiger partial charge is 0.461 e. The van der Waals surface area contributed by atoms with Crippen molar-refractivity contribution in [3.05, 3.63) is 39.9 Å². The van der Waals surface area contributed by atoms with Crippen LogP contribution in [0.15, 0.2) is 24.3 Å². The van der Waals surface area contributed by atoms with Crippen LogP contribution in [-0.2, 0) is 35.8 Å². The first-order chi connectivity index (χ1) is 12.3. The predicted octanol–water partition coefficient (Wildman–Crippen LogP) is 1.69. The van der Waals surface area contributed by atoms with E-state index < -0.39 is 57.8 Å². The summed E-state index contributed by atoms with van der Waals surface area (Å²) in [6.07, 6.45) is -0.600. The van der Waals surface area contributed by atoms with Crippen molar-refractivity contribution in [1.82, 2.24) is 0 Å². The van der Waals surface area contributed by atoms with E-state index in [2.05, 4.69) is 4.74 Å². The number of benzene rings is 1. The summed E-state index contributed by atoms with van der Waals surface area (Å²) in [5.41, 5.74) is -0.163. The topological polar surface area (TPSA) is 150 Å². The van der Waals surface area contributed by atoms with Crippen LogP contribution in [0.3, 0.4) is 0 Å². The molecule has 1 aromatic carbocycles. The minimum Gasteiger partial charge on any atom is -0.461 e. The van der Waals surface area contributed by atoms with Gasteiger partial charge in [0.05, 0.1) is 22.8 Å². The lowest BCUT2D eigenvalue weighted by Gasteiger charge is -2.15. The minimum atomic E-state index is -5.75. The van der Waals surface area contributed by atoms with Crippen molar-refractivity contribution >= 4 is 27.7 Å². The highest BCUT2D eigenvalue weighted by molar-refractivity contribution is 7.86. The van der Waals surface area contributed by atoms with Crippen molar-refractivity contribution in [1.29, 1.82) is 0 Å². The zero-order valence-corrected chi connectivity index (χ0v) is 14.6. The molecule has 0 heterocycles. The van der Waals surface area contributed by atoms with Gasteiger partial charge in [0.15, 0.2) is 6.61 Å². The second-order valence-corrected chi connectivity index (χ2v) is 6.92. The Morgan fingerprint density at radius 3 is 2.44 bits per heavy atom. The van der Waals surface area contributed by atoms with Crippen molar-refractivity contribution in [2.45, 2.75) is 25.2 Å². The van der Waals surface area contributed by atoms with Gasteiger partial charge in [-0.25, -0.2) is 0 Å². The Morgan fingerprint density at radius 1 is 1.30 bits per heavy atom. The maximum atomic E-state index is 13.0. The highest BCUT2D eigenvalue weighted by Crippen LogP contribution is 2.22. The maximum Gasteiger partial charge on any atom is 0.402 e. The first-order valence-electron chi connectivity index (χ1n) is 7.24. The van der Waals surface area contributed by atoms with E-state index in [-0.39, 0.29) is 11.3 Å². The molecule has 0 bridgehead atoms. The van der Waals surface area contributed by atoms with Gasteiger partial charge >= 0.3 is 27.3 Å². The summed E-state index contributed by atoms with van der Waals surface area (Å²) in [7, 11) is -5.75. The van der Waals surface area contributed by atoms with Crippen LogP contribution in [0, 0.1) is 16.0 Å². The number of hydrogen-bond acceptors (Lipinski definition) is 8. The number of para-hydroxylation sites is 1. The Labute approximate surface area is 152 Å². The highest BCUT2D eigenvalue weighted by atomic mass is 32.2. The second kappa shape index (κ2) is 8.81. The van der Waals surface area contributed by atoms with Crippen LogP contribution in [0.4, 0.5) is 14.5 Å². The fraction of sp³-hybridized carbons (Fsp3) is 0.429. The molecule has 0 amide bonds. The fourth-order valence-corrected chi connectivity index (χ4v) is 1.94. The molecule has 0 spiro atoms. The average molecular weight is 411 g/mol. The number of carbonyl (C=O) groups excluding carboxylic acids is 2. The molecule has 0 aliphatic rings. The standard InChI is InChI=1S/C14H15F2NO9S/c1-9(13(19)26-8-14(15,16)27(22,23)24)6-12(18)25-7-10-4-2-3-5-11(10)17(20)21/h2-5,9H,6-8H2,1H3,(H,22,23,24). The normalized spacial score (nSPS) is 12.9. The lowest BCUT2D eigenvalue weighted by atomic mass is 10.1. The van der Waals surface area contributed by atoms with E-state index in [4.69, 9.17) is 9.29 Å². The number of ether oxygens (including phenoxy) is 2. The van der Waals surface area contributed by atoms with Crippen LogP contribution < -0.4 is 0 Å². The van der Waals surface area contributed by atoms with Crippen LogP contribution in [0.5, 0.6) is 0 Å². The molecule has 13 heteroatoms. The Kier molecular flexibility index (Phi) is 7.30. The van der Waals surface area contributed by atoms with Gasteiger partial charge in [0, 0.05) is 6.07 Å². The zero-order chi connectivity index (χ0) is 20.8. The minimum absolute atomic E-state index is 0.110. The predicted molar refractivity (Wildman–Crippen MR) is 84.1 cm³/mol. The Bertz CT molecular complexity index is 826. The molecule has 0 saturated carbocycles. The number of hydrogen-bond donors (Lipinski definition) is 1. The molecule has 0 aliphatic heterocycles. The molecule has 0 aromatic heterocycles. The molecule has 1 N–H and O–H groups in total. The van der Waals surface area contributed by atoms with Crippen molar-refractivity contribution in [3.8, 4) is 0 Å². The Morgan fingerprint density at radius 2 is 1.89 bits per heavy atom. The Balaban J connectivity index is 2.55. The van der Waals surface area contributed by atoms with Gasteiger partial charge in [-0.2, -0.15) is 17.2 Å². The third-order valence-electron chi connectivity index (χ3n) is 3.21. The molecule has 0 saturated heterocycles. The van der Waals surface area contributed by atoms with E-state index in [0.29, 0.717) is 0 Å². The number of alkyl halides is 2. The summed E-state index contributed by atoms with van der Waals surface area (Å²) in [5.74, 6) is -3.54. The van der Waals surface area contributed by atoms with Crippen molar-refractivity contribution in [3.63, 3.8) is 0 Å². The van der Waals surface area contributed by atoms with Crippen molar-refractivity contribution in [2.75, 3.05) is 6.61 Å². The molecule has 0 radical (unpaired) electrons. The summed E-state index contributed by atoms with van der Waals surface area (Å²) >= 11 is 0. The maximum absolute atomic E-state index is 13.0. The summed E-state index contributed by atoms with van der Waals surface area (Å²) in [5, 5.41) is 6.15. The van der Waals surface area contributed by atoms with Gasteiger partial charge in [-0.3, -0.25) is 24.3 Å². The molecule has 10 nitrogen and oxygen atoms in total. The molecule has 0 aliphatic carbocycles. The molecule has 1 rings (SSSR count). The van der Waals surface area contributed by atoms with Crippen molar-refractivity contribution in [2.24, 2.45) is 5.92 Å². The van der Waals surface area contributed by atoms with E-state index in [0.717, 1.165) is 6.92 Å². The first kappa shape index (κ1) is 22.4. The molecule has 1 aromatic rings. The van der Waals surface area contributed by atoms with Gasteiger partial charge in [-0.1, -0.05) is 19.1 Å². The summed E-state index contributed by atoms with van der Waals surface area (Å²) in [6, 6.07) is 5.48. The van der Waals surface area contributed by atoms with E-state index in [9.17, 15) is 36.9 Å². The number of nitro benzene ring substituents is 1. The average Bonchev–Trinajstić information content (AvgIpc) is 2.56. The quantitative estimate of drug-likeness (QED) is 0.277. The lowest BCUT2D eigenvalue weighted by Crippen LogP contribution is -2.35. The van der Waals surface area contributed by atoms with E-state index >= 15 is 0 Å². The van der Waals surface area contributed by atoms with Crippen LogP contribution >= 0.6 is 0 Å². The third kappa shape index (κ3) is 6.53. The molecule has 27 heavy (non-hydrogen) atoms. The van der Waals surface area contributed by atoms with Gasteiger partial charge < -0.3 is 9.47 Å². The van der Waals surface area contributed by atoms with Gasteiger partial charge in [0.2, 0.25) is 0 Å². The SMILES string of the molecule is CC(CC(=O)OCc1ccccc1[N+](=O)[O-])C(=O)OCC(F)(F)S(=O)(=O)O. The number of halogens is 2. The third-order valence-corrected chi connectivity index (χ3v) is 4.08.